The molecule has 4 rings (SSSR count). The lowest BCUT2D eigenvalue weighted by Gasteiger charge is -2.48. The Morgan fingerprint density at radius 3 is 1.45 bits per heavy atom. The van der Waals surface area contributed by atoms with Crippen LogP contribution in [0, 0.1) is 0 Å². The third-order valence-electron chi connectivity index (χ3n) is 9.26. The van der Waals surface area contributed by atoms with Crippen molar-refractivity contribution in [2.24, 2.45) is 0 Å². The Morgan fingerprint density at radius 1 is 0.529 bits per heavy atom. The topological polar surface area (TPSA) is 345 Å². The predicted octanol–water partition coefficient (Wildman–Crippen LogP) is -8.39. The number of carbonyl (C=O) groups excluding carboxylic acids is 2. The second kappa shape index (κ2) is 18.0. The van der Waals surface area contributed by atoms with Gasteiger partial charge in [-0.1, -0.05) is 0 Å². The van der Waals surface area contributed by atoms with Gasteiger partial charge in [0.25, 0.3) is 0 Å². The smallest absolute Gasteiger partial charge is 0.217 e. The van der Waals surface area contributed by atoms with Crippen molar-refractivity contribution < 1.29 is 98.9 Å². The van der Waals surface area contributed by atoms with Crippen molar-refractivity contribution in [3.8, 4) is 0 Å². The van der Waals surface area contributed by atoms with Gasteiger partial charge in [0.15, 0.2) is 18.9 Å². The van der Waals surface area contributed by atoms with E-state index in [-0.39, 0.29) is 0 Å². The molecule has 0 spiro atoms. The van der Waals surface area contributed by atoms with Gasteiger partial charge < -0.3 is 100.0 Å². The summed E-state index contributed by atoms with van der Waals surface area (Å²) in [5.74, 6) is -1.21. The molecule has 4 saturated heterocycles. The number of aliphatic hydroxyl groups excluding tert-OH is 11. The third kappa shape index (κ3) is 9.30. The molecule has 4 fully saturated rings. The summed E-state index contributed by atoms with van der Waals surface area (Å²) in [5.41, 5.74) is 0. The zero-order valence-corrected chi connectivity index (χ0v) is 28.0. The molecule has 0 aliphatic carbocycles. The van der Waals surface area contributed by atoms with E-state index in [4.69, 9.17) is 33.2 Å². The van der Waals surface area contributed by atoms with Crippen LogP contribution in [0.2, 0.25) is 0 Å². The van der Waals surface area contributed by atoms with Gasteiger partial charge in [-0.3, -0.25) is 9.59 Å². The molecule has 2 amide bonds. The summed E-state index contributed by atoms with van der Waals surface area (Å²) in [6.07, 6.45) is -28.4. The Morgan fingerprint density at radius 2 is 0.980 bits per heavy atom. The molecule has 0 aromatic rings. The molecule has 0 aromatic carbocycles. The van der Waals surface area contributed by atoms with E-state index >= 15 is 0 Å². The number of hydrogen-bond acceptors (Lipinski definition) is 20. The first kappa shape index (κ1) is 42.0. The summed E-state index contributed by atoms with van der Waals surface area (Å²) in [7, 11) is 0. The zero-order valence-electron chi connectivity index (χ0n) is 28.0. The maximum Gasteiger partial charge on any atom is 0.217 e. The van der Waals surface area contributed by atoms with Gasteiger partial charge in [-0.2, -0.15) is 0 Å². The maximum absolute atomic E-state index is 12.2. The zero-order chi connectivity index (χ0) is 37.9. The molecule has 51 heavy (non-hydrogen) atoms. The van der Waals surface area contributed by atoms with E-state index < -0.39 is 161 Å². The van der Waals surface area contributed by atoms with Gasteiger partial charge in [0.05, 0.1) is 38.6 Å². The van der Waals surface area contributed by atoms with Crippen molar-refractivity contribution >= 4 is 11.8 Å². The minimum Gasteiger partial charge on any atom is -0.394 e. The molecular weight excluding hydrogens is 696 g/mol. The van der Waals surface area contributed by atoms with Crippen molar-refractivity contribution in [3.63, 3.8) is 0 Å². The molecule has 4 heterocycles. The standard InChI is InChI=1S/C29H50N2O20/c1-8-15(30-9(2)35)26(51-29-24(44)22(42)18(38)12(5-33)48-29)19(39)14(46-8)7-45-27-16(31-10(3)36)20(40)25(13(6-34)49-27)50-28-23(43)21(41)17(37)11(4-32)47-28/h8,11-29,32-34,37-44H,4-7H2,1-3H3,(H,30,35)(H,31,36)/t8-,11?,12?,13?,14?,15?,16?,17+,18+,19+,20-,21+,22+,23?,24?,25-,26-,27-,28+,29+/m1/s1. The number of hydrogen-bond donors (Lipinski definition) is 13. The molecule has 22 heteroatoms. The molecule has 0 radical (unpaired) electrons. The van der Waals surface area contributed by atoms with Crippen molar-refractivity contribution in [1.29, 1.82) is 0 Å². The van der Waals surface area contributed by atoms with Crippen molar-refractivity contribution in [3.05, 3.63) is 0 Å². The molecule has 0 bridgehead atoms. The van der Waals surface area contributed by atoms with Crippen LogP contribution in [0.1, 0.15) is 20.8 Å². The molecule has 22 nitrogen and oxygen atoms in total. The van der Waals surface area contributed by atoms with Gasteiger partial charge in [-0.15, -0.1) is 0 Å². The molecule has 4 aliphatic heterocycles. The lowest BCUT2D eigenvalue weighted by molar-refractivity contribution is -0.352. The average Bonchev–Trinajstić information content (AvgIpc) is 3.08. The number of nitrogens with one attached hydrogen (secondary N) is 2. The Bertz CT molecular complexity index is 1140. The highest BCUT2D eigenvalue weighted by Gasteiger charge is 2.53. The Labute approximate surface area is 291 Å². The molecule has 296 valence electrons. The molecule has 0 aromatic heterocycles. The van der Waals surface area contributed by atoms with Crippen molar-refractivity contribution in [2.75, 3.05) is 26.4 Å². The van der Waals surface area contributed by atoms with Crippen LogP contribution in [0.15, 0.2) is 0 Å². The minimum atomic E-state index is -1.87. The fourth-order valence-corrected chi connectivity index (χ4v) is 6.49. The number of ether oxygens (including phenoxy) is 7. The van der Waals surface area contributed by atoms with E-state index in [9.17, 15) is 65.8 Å². The number of amides is 2. The van der Waals surface area contributed by atoms with Crippen LogP contribution in [0.4, 0.5) is 0 Å². The quantitative estimate of drug-likeness (QED) is 0.0881. The van der Waals surface area contributed by atoms with Gasteiger partial charge in [-0.25, -0.2) is 0 Å². The van der Waals surface area contributed by atoms with Crippen LogP contribution >= 0.6 is 0 Å². The van der Waals surface area contributed by atoms with Gasteiger partial charge in [0.1, 0.15) is 91.5 Å². The lowest BCUT2D eigenvalue weighted by atomic mass is 9.92. The van der Waals surface area contributed by atoms with E-state index in [1.54, 1.807) is 0 Å². The number of rotatable bonds is 12. The summed E-state index contributed by atoms with van der Waals surface area (Å²) in [6.45, 7) is 0.945. The number of carbonyl (C=O) groups is 2. The third-order valence-corrected chi connectivity index (χ3v) is 9.26. The summed E-state index contributed by atoms with van der Waals surface area (Å²) in [6, 6.07) is -2.51. The summed E-state index contributed by atoms with van der Waals surface area (Å²) >= 11 is 0. The van der Waals surface area contributed by atoms with Crippen LogP contribution in [-0.4, -0.2) is 217 Å². The van der Waals surface area contributed by atoms with Crippen LogP contribution < -0.4 is 10.6 Å². The molecular formula is C29H50N2O20. The largest absolute Gasteiger partial charge is 0.394 e. The van der Waals surface area contributed by atoms with Crippen LogP contribution in [0.3, 0.4) is 0 Å². The average molecular weight is 747 g/mol. The fourth-order valence-electron chi connectivity index (χ4n) is 6.49. The molecule has 8 unspecified atom stereocenters. The first-order valence-corrected chi connectivity index (χ1v) is 16.4. The van der Waals surface area contributed by atoms with Crippen LogP contribution in [0.5, 0.6) is 0 Å². The van der Waals surface area contributed by atoms with E-state index in [0.717, 1.165) is 6.92 Å². The van der Waals surface area contributed by atoms with Gasteiger partial charge in [0, 0.05) is 13.8 Å². The lowest BCUT2D eigenvalue weighted by Crippen LogP contribution is -2.68. The summed E-state index contributed by atoms with van der Waals surface area (Å²) in [4.78, 5) is 24.2. The van der Waals surface area contributed by atoms with Gasteiger partial charge >= 0.3 is 0 Å². The maximum atomic E-state index is 12.2. The molecule has 0 saturated carbocycles. The minimum absolute atomic E-state index is 0.543. The van der Waals surface area contributed by atoms with Crippen molar-refractivity contribution in [2.45, 2.75) is 143 Å². The number of aliphatic hydroxyl groups is 11. The first-order valence-electron chi connectivity index (χ1n) is 16.4. The summed E-state index contributed by atoms with van der Waals surface area (Å²) < 4.78 is 39.9. The molecule has 13 N–H and O–H groups in total. The highest BCUT2D eigenvalue weighted by molar-refractivity contribution is 5.73. The molecule has 20 atom stereocenters. The monoisotopic (exact) mass is 746 g/mol. The van der Waals surface area contributed by atoms with Crippen LogP contribution in [-0.2, 0) is 42.7 Å². The fraction of sp³-hybridized carbons (Fsp3) is 0.931. The normalized spacial score (nSPS) is 47.8. The summed E-state index contributed by atoms with van der Waals surface area (Å²) in [5, 5.41) is 119. The van der Waals surface area contributed by atoms with E-state index in [0.29, 0.717) is 0 Å². The molecule has 4 aliphatic rings. The second-order valence-corrected chi connectivity index (χ2v) is 13.0. The van der Waals surface area contributed by atoms with E-state index in [1.165, 1.54) is 13.8 Å². The predicted molar refractivity (Wildman–Crippen MR) is 161 cm³/mol. The van der Waals surface area contributed by atoms with E-state index in [1.807, 2.05) is 0 Å². The van der Waals surface area contributed by atoms with Gasteiger partial charge in [-0.05, 0) is 6.92 Å². The second-order valence-electron chi connectivity index (χ2n) is 13.0. The van der Waals surface area contributed by atoms with Crippen LogP contribution in [0.25, 0.3) is 0 Å². The Hall–Kier alpha value is -1.78. The Balaban J connectivity index is 1.51. The Kier molecular flexibility index (Phi) is 14.8. The highest BCUT2D eigenvalue weighted by atomic mass is 16.7. The highest BCUT2D eigenvalue weighted by Crippen LogP contribution is 2.32. The van der Waals surface area contributed by atoms with Crippen molar-refractivity contribution in [1.82, 2.24) is 10.6 Å². The van der Waals surface area contributed by atoms with Gasteiger partial charge in [0.2, 0.25) is 11.8 Å². The van der Waals surface area contributed by atoms with E-state index in [2.05, 4.69) is 10.6 Å². The first-order chi connectivity index (χ1) is 24.0. The SMILES string of the molecule is CC(=O)NC1[C@H](OCC2O[C@H](C)C(NC(C)=O)[C@@H](O[C@@H]3OC(CO)[C@H](O)[C@H](O)C3O)[C@H]2O)OC(CO)[C@@H](O[C@@H]2OC(CO)[C@H](O)[C@H](O)C2O)[C@@H]1O.